The van der Waals surface area contributed by atoms with Crippen LogP contribution in [0.4, 0.5) is 5.69 Å². The van der Waals surface area contributed by atoms with Gasteiger partial charge < -0.3 is 60.4 Å². The maximum atomic E-state index is 12.4. The monoisotopic (exact) mass is 461 g/mol. The molecule has 10 atom stereocenters. The van der Waals surface area contributed by atoms with Crippen molar-refractivity contribution in [1.82, 2.24) is 0 Å². The zero-order valence-corrected chi connectivity index (χ0v) is 16.7. The normalized spacial score (nSPS) is 40.0. The summed E-state index contributed by atoms with van der Waals surface area (Å²) >= 11 is 0. The van der Waals surface area contributed by atoms with Gasteiger partial charge in [-0.05, 0) is 24.3 Å². The number of carbonyl (C=O) groups excluding carboxylic acids is 1. The first-order valence-electron chi connectivity index (χ1n) is 9.86. The van der Waals surface area contributed by atoms with E-state index < -0.39 is 80.5 Å². The van der Waals surface area contributed by atoms with Gasteiger partial charge in [0, 0.05) is 5.69 Å². The number of rotatable bonds is 6. The third-order valence-corrected chi connectivity index (χ3v) is 5.39. The van der Waals surface area contributed by atoms with E-state index in [9.17, 15) is 45.6 Å². The molecule has 32 heavy (non-hydrogen) atoms. The molecule has 0 aliphatic carbocycles. The van der Waals surface area contributed by atoms with Gasteiger partial charge in [-0.1, -0.05) is 0 Å². The lowest BCUT2D eigenvalue weighted by Crippen LogP contribution is -2.60. The molecule has 1 aromatic rings. The van der Waals surface area contributed by atoms with Gasteiger partial charge in [-0.25, -0.2) is 4.79 Å². The molecule has 0 aromatic heterocycles. The van der Waals surface area contributed by atoms with Crippen LogP contribution in [-0.2, 0) is 14.2 Å². The summed E-state index contributed by atoms with van der Waals surface area (Å²) in [7, 11) is 0. The zero-order chi connectivity index (χ0) is 23.6. The van der Waals surface area contributed by atoms with Gasteiger partial charge in [0.05, 0.1) is 18.8 Å². The van der Waals surface area contributed by atoms with Gasteiger partial charge in [-0.2, -0.15) is 0 Å². The lowest BCUT2D eigenvalue weighted by atomic mass is 9.98. The van der Waals surface area contributed by atoms with Gasteiger partial charge in [0.15, 0.2) is 6.23 Å². The third kappa shape index (κ3) is 5.02. The fraction of sp³-hybridized carbons (Fsp3) is 0.632. The van der Waals surface area contributed by atoms with Gasteiger partial charge in [-0.15, -0.1) is 0 Å². The number of carbonyl (C=O) groups is 1. The molecule has 9 N–H and O–H groups in total. The molecule has 0 saturated carbocycles. The van der Waals surface area contributed by atoms with Crippen molar-refractivity contribution in [3.8, 4) is 0 Å². The Balaban J connectivity index is 1.62. The molecule has 0 unspecified atom stereocenters. The van der Waals surface area contributed by atoms with Crippen LogP contribution >= 0.6 is 0 Å². The van der Waals surface area contributed by atoms with Crippen LogP contribution in [0, 0.1) is 0 Å². The minimum atomic E-state index is -1.73. The second-order valence-electron chi connectivity index (χ2n) is 7.57. The quantitative estimate of drug-likeness (QED) is 0.184. The number of hydrogen-bond acceptors (Lipinski definition) is 13. The van der Waals surface area contributed by atoms with Crippen LogP contribution in [0.1, 0.15) is 10.4 Å². The van der Waals surface area contributed by atoms with Crippen LogP contribution in [0.2, 0.25) is 0 Å². The first-order valence-corrected chi connectivity index (χ1v) is 9.86. The molecule has 2 fully saturated rings. The highest BCUT2D eigenvalue weighted by atomic mass is 16.7. The Bertz CT molecular complexity index is 759. The molecule has 0 spiro atoms. The maximum Gasteiger partial charge on any atom is 0.340 e. The molecule has 13 nitrogen and oxygen atoms in total. The number of benzene rings is 1. The van der Waals surface area contributed by atoms with Crippen LogP contribution in [0.15, 0.2) is 24.3 Å². The standard InChI is InChI=1S/C19H27NO12/c21-5-9-11(23)13(25)15(27)17(30-9)20-8-3-1-7(2-4-8)18(29)32-19-16(28)14(26)12(24)10(6-22)31-19/h1-4,9-17,19-28H,5-6H2/t9-,10-,11-,12-,13+,14+,15-,16-,17-,19+/m1/s1. The predicted molar refractivity (Wildman–Crippen MR) is 103 cm³/mol. The van der Waals surface area contributed by atoms with Crippen LogP contribution < -0.4 is 5.32 Å². The number of nitrogens with one attached hydrogen (secondary N) is 1. The van der Waals surface area contributed by atoms with E-state index in [2.05, 4.69) is 5.32 Å². The summed E-state index contributed by atoms with van der Waals surface area (Å²) in [4.78, 5) is 12.4. The van der Waals surface area contributed by atoms with Crippen molar-refractivity contribution in [2.75, 3.05) is 18.5 Å². The van der Waals surface area contributed by atoms with Gasteiger partial charge in [-0.3, -0.25) is 0 Å². The molecule has 2 saturated heterocycles. The summed E-state index contributed by atoms with van der Waals surface area (Å²) < 4.78 is 15.5. The number of esters is 1. The van der Waals surface area contributed by atoms with Gasteiger partial charge in [0.1, 0.15) is 48.8 Å². The smallest absolute Gasteiger partial charge is 0.340 e. The molecule has 3 rings (SSSR count). The van der Waals surface area contributed by atoms with Crippen molar-refractivity contribution in [2.45, 2.75) is 61.3 Å². The average Bonchev–Trinajstić information content (AvgIpc) is 2.80. The molecule has 2 heterocycles. The highest BCUT2D eigenvalue weighted by Gasteiger charge is 2.45. The van der Waals surface area contributed by atoms with Crippen molar-refractivity contribution in [1.29, 1.82) is 0 Å². The largest absolute Gasteiger partial charge is 0.429 e. The molecular formula is C19H27NO12. The van der Waals surface area contributed by atoms with Crippen molar-refractivity contribution >= 4 is 11.7 Å². The van der Waals surface area contributed by atoms with E-state index in [0.717, 1.165) is 0 Å². The van der Waals surface area contributed by atoms with Gasteiger partial charge >= 0.3 is 5.97 Å². The summed E-state index contributed by atoms with van der Waals surface area (Å²) in [6.07, 6.45) is -14.6. The van der Waals surface area contributed by atoms with E-state index in [1.807, 2.05) is 0 Å². The van der Waals surface area contributed by atoms with Crippen molar-refractivity contribution in [3.05, 3.63) is 29.8 Å². The molecule has 0 amide bonds. The fourth-order valence-electron chi connectivity index (χ4n) is 3.43. The minimum absolute atomic E-state index is 0.0290. The molecule has 0 bridgehead atoms. The summed E-state index contributed by atoms with van der Waals surface area (Å²) in [5.74, 6) is -0.922. The van der Waals surface area contributed by atoms with E-state index in [1.54, 1.807) is 0 Å². The van der Waals surface area contributed by atoms with Crippen molar-refractivity contribution in [3.63, 3.8) is 0 Å². The van der Waals surface area contributed by atoms with Crippen LogP contribution in [-0.4, -0.2) is 121 Å². The van der Waals surface area contributed by atoms with Gasteiger partial charge in [0.25, 0.3) is 0 Å². The molecule has 2 aliphatic rings. The highest BCUT2D eigenvalue weighted by Crippen LogP contribution is 2.25. The number of anilines is 1. The molecule has 2 aliphatic heterocycles. The van der Waals surface area contributed by atoms with Crippen molar-refractivity contribution < 1.29 is 59.9 Å². The van der Waals surface area contributed by atoms with E-state index >= 15 is 0 Å². The topological polar surface area (TPSA) is 219 Å². The summed E-state index contributed by atoms with van der Waals surface area (Å²) in [5, 5.41) is 80.4. The predicted octanol–water partition coefficient (Wildman–Crippen LogP) is -4.14. The second-order valence-corrected chi connectivity index (χ2v) is 7.57. The minimum Gasteiger partial charge on any atom is -0.429 e. The third-order valence-electron chi connectivity index (χ3n) is 5.39. The van der Waals surface area contributed by atoms with Crippen LogP contribution in [0.3, 0.4) is 0 Å². The summed E-state index contributed by atoms with van der Waals surface area (Å²) in [6, 6.07) is 5.51. The number of aliphatic hydroxyl groups is 8. The summed E-state index contributed by atoms with van der Waals surface area (Å²) in [5.41, 5.74) is 0.389. The van der Waals surface area contributed by atoms with E-state index in [-0.39, 0.29) is 5.56 Å². The Labute approximate surface area is 182 Å². The fourth-order valence-corrected chi connectivity index (χ4v) is 3.43. The van der Waals surface area contributed by atoms with E-state index in [4.69, 9.17) is 14.2 Å². The average molecular weight is 461 g/mol. The SMILES string of the molecule is O=C(O[C@@H]1O[C@H](CO)[C@@H](O)[C@H](O)[C@H]1O)c1ccc(N[C@@H]2O[C@H](CO)[C@@H](O)[C@H](O)[C@H]2O)cc1. The van der Waals surface area contributed by atoms with Crippen LogP contribution in [0.25, 0.3) is 0 Å². The molecule has 1 aromatic carbocycles. The van der Waals surface area contributed by atoms with Gasteiger partial charge in [0.2, 0.25) is 6.29 Å². The van der Waals surface area contributed by atoms with E-state index in [0.29, 0.717) is 5.69 Å². The lowest BCUT2D eigenvalue weighted by molar-refractivity contribution is -0.285. The number of hydrogen-bond donors (Lipinski definition) is 9. The first-order chi connectivity index (χ1) is 15.2. The summed E-state index contributed by atoms with van der Waals surface area (Å²) in [6.45, 7) is -1.25. The van der Waals surface area contributed by atoms with Crippen molar-refractivity contribution in [2.24, 2.45) is 0 Å². The first kappa shape index (κ1) is 24.7. The lowest BCUT2D eigenvalue weighted by Gasteiger charge is -2.40. The molecule has 0 radical (unpaired) electrons. The Morgan fingerprint density at radius 3 is 1.88 bits per heavy atom. The Morgan fingerprint density at radius 1 is 0.781 bits per heavy atom. The number of aliphatic hydroxyl groups excluding tert-OH is 8. The second kappa shape index (κ2) is 10.4. The molecule has 13 heteroatoms. The van der Waals surface area contributed by atoms with Crippen LogP contribution in [0.5, 0.6) is 0 Å². The molecule has 180 valence electrons. The zero-order valence-electron chi connectivity index (χ0n) is 16.7. The molecular weight excluding hydrogens is 434 g/mol. The highest BCUT2D eigenvalue weighted by molar-refractivity contribution is 5.89. The number of ether oxygens (including phenoxy) is 3. The Morgan fingerprint density at radius 2 is 1.31 bits per heavy atom. The maximum absolute atomic E-state index is 12.4. The Kier molecular flexibility index (Phi) is 8.00. The Hall–Kier alpha value is -1.91. The van der Waals surface area contributed by atoms with E-state index in [1.165, 1.54) is 24.3 Å².